The zero-order chi connectivity index (χ0) is 23.2. The summed E-state index contributed by atoms with van der Waals surface area (Å²) in [5, 5.41) is 6.96. The van der Waals surface area contributed by atoms with Crippen molar-refractivity contribution in [3.05, 3.63) is 57.8 Å². The van der Waals surface area contributed by atoms with Gasteiger partial charge in [-0.15, -0.1) is 0 Å². The molecular formula is C23H26FN7O2. The highest BCUT2D eigenvalue weighted by Crippen LogP contribution is 2.26. The number of fused-ring (bicyclic) bond motifs is 2. The van der Waals surface area contributed by atoms with E-state index in [1.54, 1.807) is 13.8 Å². The van der Waals surface area contributed by atoms with Crippen LogP contribution in [0.3, 0.4) is 0 Å². The molecule has 0 fully saturated rings. The van der Waals surface area contributed by atoms with Crippen molar-refractivity contribution in [1.82, 2.24) is 29.6 Å². The molecule has 0 radical (unpaired) electrons. The second kappa shape index (κ2) is 8.11. The number of oxazole rings is 1. The topological polar surface area (TPSA) is 103 Å². The highest BCUT2D eigenvalue weighted by atomic mass is 19.1. The summed E-state index contributed by atoms with van der Waals surface area (Å²) in [5.74, 6) is 0.356. The summed E-state index contributed by atoms with van der Waals surface area (Å²) in [5.41, 5.74) is 3.24. The second-order valence-electron chi connectivity index (χ2n) is 8.83. The van der Waals surface area contributed by atoms with Crippen LogP contribution in [0.4, 0.5) is 16.0 Å². The van der Waals surface area contributed by atoms with Crippen molar-refractivity contribution in [3.63, 3.8) is 0 Å². The van der Waals surface area contributed by atoms with Crippen LogP contribution in [0.25, 0.3) is 17.0 Å². The summed E-state index contributed by atoms with van der Waals surface area (Å²) < 4.78 is 22.1. The molecule has 33 heavy (non-hydrogen) atoms. The van der Waals surface area contributed by atoms with Gasteiger partial charge in [0.15, 0.2) is 5.65 Å². The smallest absolute Gasteiger partial charge is 0.323 e. The summed E-state index contributed by atoms with van der Waals surface area (Å²) in [6.07, 6.45) is 3.90. The zero-order valence-corrected chi connectivity index (χ0v) is 18.9. The van der Waals surface area contributed by atoms with E-state index in [9.17, 15) is 9.18 Å². The lowest BCUT2D eigenvalue weighted by Crippen LogP contribution is -2.23. The molecule has 1 aliphatic rings. The summed E-state index contributed by atoms with van der Waals surface area (Å²) in [7, 11) is 0. The second-order valence-corrected chi connectivity index (χ2v) is 8.83. The van der Waals surface area contributed by atoms with Crippen LogP contribution in [0.5, 0.6) is 0 Å². The van der Waals surface area contributed by atoms with Crippen LogP contribution in [0.2, 0.25) is 0 Å². The van der Waals surface area contributed by atoms with E-state index in [0.29, 0.717) is 29.2 Å². The Kier molecular flexibility index (Phi) is 5.24. The maximum absolute atomic E-state index is 13.5. The quantitative estimate of drug-likeness (QED) is 0.464. The van der Waals surface area contributed by atoms with Gasteiger partial charge in [0.25, 0.3) is 5.56 Å². The van der Waals surface area contributed by atoms with E-state index >= 15 is 0 Å². The van der Waals surface area contributed by atoms with Gasteiger partial charge in [0.05, 0.1) is 5.69 Å². The van der Waals surface area contributed by atoms with Gasteiger partial charge in [0.2, 0.25) is 5.95 Å². The van der Waals surface area contributed by atoms with E-state index < -0.39 is 12.1 Å². The highest BCUT2D eigenvalue weighted by molar-refractivity contribution is 5.76. The maximum atomic E-state index is 13.5. The molecule has 0 spiro atoms. The van der Waals surface area contributed by atoms with Gasteiger partial charge < -0.3 is 15.1 Å². The van der Waals surface area contributed by atoms with Crippen LogP contribution in [-0.2, 0) is 24.9 Å². The van der Waals surface area contributed by atoms with E-state index in [0.717, 1.165) is 25.2 Å². The Labute approximate surface area is 189 Å². The molecule has 0 atom stereocenters. The minimum atomic E-state index is -0.800. The molecule has 5 rings (SSSR count). The molecule has 0 saturated carbocycles. The predicted molar refractivity (Wildman–Crippen MR) is 123 cm³/mol. The lowest BCUT2D eigenvalue weighted by atomic mass is 9.92. The van der Waals surface area contributed by atoms with Crippen LogP contribution < -0.4 is 16.2 Å². The van der Waals surface area contributed by atoms with Crippen LogP contribution in [0.15, 0.2) is 39.9 Å². The number of nitrogens with zero attached hydrogens (tertiary/aromatic N) is 5. The standard InChI is InChI=1S/C23H26FN7O2/c1-4-30-20(32)17-11-26-21(27-16-6-5-15-10-25-8-7-14(15)9-16)29-19(17)31(30)22-28-18(12-33-22)23(2,3)13-24/h5-6,9,11-12,25H,4,7-8,10,13H2,1-3H3,(H,26,27,29). The monoisotopic (exact) mass is 451 g/mol. The third kappa shape index (κ3) is 3.70. The number of nitrogens with one attached hydrogen (secondary N) is 2. The Morgan fingerprint density at radius 1 is 1.27 bits per heavy atom. The van der Waals surface area contributed by atoms with Gasteiger partial charge in [-0.3, -0.25) is 9.18 Å². The highest BCUT2D eigenvalue weighted by Gasteiger charge is 2.27. The molecule has 2 N–H and O–H groups in total. The molecule has 0 bridgehead atoms. The van der Waals surface area contributed by atoms with Gasteiger partial charge in [-0.1, -0.05) is 19.9 Å². The molecule has 9 nitrogen and oxygen atoms in total. The molecule has 0 amide bonds. The van der Waals surface area contributed by atoms with E-state index in [1.165, 1.54) is 33.0 Å². The van der Waals surface area contributed by atoms with Gasteiger partial charge in [-0.25, -0.2) is 9.67 Å². The number of rotatable bonds is 6. The molecule has 172 valence electrons. The lowest BCUT2D eigenvalue weighted by Gasteiger charge is -2.18. The van der Waals surface area contributed by atoms with Gasteiger partial charge >= 0.3 is 6.01 Å². The number of hydrogen-bond donors (Lipinski definition) is 2. The van der Waals surface area contributed by atoms with Crippen LogP contribution >= 0.6 is 0 Å². The minimum Gasteiger partial charge on any atom is -0.430 e. The molecule has 1 aliphatic heterocycles. The van der Waals surface area contributed by atoms with Crippen molar-refractivity contribution in [2.75, 3.05) is 18.5 Å². The summed E-state index contributed by atoms with van der Waals surface area (Å²) in [4.78, 5) is 26.4. The normalized spacial score (nSPS) is 13.9. The Morgan fingerprint density at radius 3 is 2.91 bits per heavy atom. The SMILES string of the molecule is CCn1c(=O)c2cnc(Nc3ccc4c(c3)CCNC4)nc2n1-c1nc(C(C)(C)CF)co1. The van der Waals surface area contributed by atoms with Gasteiger partial charge in [0.1, 0.15) is 18.3 Å². The number of halogens is 1. The largest absolute Gasteiger partial charge is 0.430 e. The van der Waals surface area contributed by atoms with Crippen molar-refractivity contribution in [3.8, 4) is 6.01 Å². The molecule has 3 aromatic heterocycles. The summed E-state index contributed by atoms with van der Waals surface area (Å²) in [6, 6.07) is 6.34. The Morgan fingerprint density at radius 2 is 2.12 bits per heavy atom. The van der Waals surface area contributed by atoms with E-state index in [-0.39, 0.29) is 11.6 Å². The van der Waals surface area contributed by atoms with Crippen molar-refractivity contribution < 1.29 is 8.81 Å². The first-order valence-electron chi connectivity index (χ1n) is 11.0. The molecule has 10 heteroatoms. The average molecular weight is 452 g/mol. The fraction of sp³-hybridized carbons (Fsp3) is 0.391. The van der Waals surface area contributed by atoms with Gasteiger partial charge in [-0.05, 0) is 43.1 Å². The first-order valence-corrected chi connectivity index (χ1v) is 11.0. The molecule has 0 unspecified atom stereocenters. The molecule has 1 aromatic carbocycles. The molecule has 4 aromatic rings. The maximum Gasteiger partial charge on any atom is 0.323 e. The Hall–Kier alpha value is -3.53. The average Bonchev–Trinajstić information content (AvgIpc) is 3.42. The van der Waals surface area contributed by atoms with E-state index in [2.05, 4.69) is 37.7 Å². The van der Waals surface area contributed by atoms with Gasteiger partial charge in [-0.2, -0.15) is 14.6 Å². The predicted octanol–water partition coefficient (Wildman–Crippen LogP) is 3.23. The number of benzene rings is 1. The molecule has 4 heterocycles. The molecular weight excluding hydrogens is 425 g/mol. The Balaban J connectivity index is 1.57. The third-order valence-corrected chi connectivity index (χ3v) is 6.02. The molecule has 0 aliphatic carbocycles. The number of aromatic nitrogens is 5. The first kappa shape index (κ1) is 21.3. The summed E-state index contributed by atoms with van der Waals surface area (Å²) in [6.45, 7) is 6.95. The minimum absolute atomic E-state index is 0.159. The van der Waals surface area contributed by atoms with Crippen molar-refractivity contribution in [2.45, 2.75) is 45.7 Å². The van der Waals surface area contributed by atoms with Crippen molar-refractivity contribution in [1.29, 1.82) is 0 Å². The van der Waals surface area contributed by atoms with Crippen molar-refractivity contribution >= 4 is 22.7 Å². The lowest BCUT2D eigenvalue weighted by molar-refractivity contribution is 0.343. The van der Waals surface area contributed by atoms with Crippen molar-refractivity contribution in [2.24, 2.45) is 0 Å². The van der Waals surface area contributed by atoms with E-state index in [4.69, 9.17) is 4.42 Å². The number of hydrogen-bond acceptors (Lipinski definition) is 7. The van der Waals surface area contributed by atoms with E-state index in [1.807, 2.05) is 13.0 Å². The Bertz CT molecular complexity index is 1390. The third-order valence-electron chi connectivity index (χ3n) is 6.02. The fourth-order valence-electron chi connectivity index (χ4n) is 3.99. The number of anilines is 2. The number of alkyl halides is 1. The molecule has 0 saturated heterocycles. The fourth-order valence-corrected chi connectivity index (χ4v) is 3.99. The van der Waals surface area contributed by atoms with Crippen LogP contribution in [0, 0.1) is 0 Å². The summed E-state index contributed by atoms with van der Waals surface area (Å²) >= 11 is 0. The zero-order valence-electron chi connectivity index (χ0n) is 18.9. The first-order chi connectivity index (χ1) is 15.9. The van der Waals surface area contributed by atoms with Crippen LogP contribution in [0.1, 0.15) is 37.6 Å². The van der Waals surface area contributed by atoms with Gasteiger partial charge in [0, 0.05) is 30.4 Å². The van der Waals surface area contributed by atoms with Crippen LogP contribution in [-0.4, -0.2) is 37.5 Å².